The third-order valence-corrected chi connectivity index (χ3v) is 4.11. The minimum absolute atomic E-state index is 0.0131. The second-order valence-corrected chi connectivity index (χ2v) is 6.05. The maximum Gasteiger partial charge on any atom is 0.277 e. The first-order chi connectivity index (χ1) is 11.1. The van der Waals surface area contributed by atoms with Gasteiger partial charge in [0.15, 0.2) is 0 Å². The van der Waals surface area contributed by atoms with Gasteiger partial charge in [-0.25, -0.2) is 0 Å². The average Bonchev–Trinajstić information content (AvgIpc) is 2.98. The average molecular weight is 328 g/mol. The minimum atomic E-state index is -0.0131. The van der Waals surface area contributed by atoms with Crippen LogP contribution in [0.3, 0.4) is 0 Å². The van der Waals surface area contributed by atoms with Gasteiger partial charge in [-0.3, -0.25) is 9.78 Å². The largest absolute Gasteiger partial charge is 0.416 e. The van der Waals surface area contributed by atoms with E-state index in [0.29, 0.717) is 17.7 Å². The second kappa shape index (κ2) is 6.78. The molecule has 1 amide bonds. The first kappa shape index (κ1) is 15.5. The van der Waals surface area contributed by atoms with Crippen molar-refractivity contribution in [1.29, 1.82) is 0 Å². The molecule has 2 heterocycles. The lowest BCUT2D eigenvalue weighted by atomic mass is 10.2. The highest BCUT2D eigenvalue weighted by Crippen LogP contribution is 2.17. The molecular weight excluding hydrogens is 312 g/mol. The Morgan fingerprint density at radius 1 is 1.22 bits per heavy atom. The molecule has 23 heavy (non-hydrogen) atoms. The van der Waals surface area contributed by atoms with E-state index in [0.717, 1.165) is 16.6 Å². The number of aryl methyl sites for hydroxylation is 1. The highest BCUT2D eigenvalue weighted by molar-refractivity contribution is 7.99. The van der Waals surface area contributed by atoms with E-state index in [-0.39, 0.29) is 11.7 Å². The molecule has 0 N–H and O–H groups in total. The van der Waals surface area contributed by atoms with E-state index < -0.39 is 0 Å². The zero-order chi connectivity index (χ0) is 16.2. The van der Waals surface area contributed by atoms with Crippen LogP contribution in [0.25, 0.3) is 10.9 Å². The van der Waals surface area contributed by atoms with Crippen molar-refractivity contribution < 1.29 is 9.21 Å². The zero-order valence-electron chi connectivity index (χ0n) is 12.9. The summed E-state index contributed by atoms with van der Waals surface area (Å²) in [7, 11) is 1.76. The third-order valence-electron chi connectivity index (χ3n) is 3.31. The first-order valence-corrected chi connectivity index (χ1v) is 8.12. The van der Waals surface area contributed by atoms with Gasteiger partial charge < -0.3 is 9.32 Å². The SMILES string of the molecule is Cc1nnc(SCC(=O)N(C)Cc2ccc3ccccc3n2)o1. The molecule has 7 heteroatoms. The number of rotatable bonds is 5. The van der Waals surface area contributed by atoms with Gasteiger partial charge in [0.2, 0.25) is 11.8 Å². The molecule has 3 rings (SSSR count). The van der Waals surface area contributed by atoms with Crippen LogP contribution in [0.5, 0.6) is 0 Å². The molecule has 0 bridgehead atoms. The van der Waals surface area contributed by atoms with Crippen LogP contribution in [0.15, 0.2) is 46.0 Å². The van der Waals surface area contributed by atoms with E-state index >= 15 is 0 Å². The molecule has 0 saturated carbocycles. The van der Waals surface area contributed by atoms with Crippen LogP contribution in [0.1, 0.15) is 11.6 Å². The smallest absolute Gasteiger partial charge is 0.277 e. The predicted molar refractivity (Wildman–Crippen MR) is 88.0 cm³/mol. The van der Waals surface area contributed by atoms with Gasteiger partial charge >= 0.3 is 0 Å². The lowest BCUT2D eigenvalue weighted by molar-refractivity contribution is -0.127. The number of fused-ring (bicyclic) bond motifs is 1. The van der Waals surface area contributed by atoms with Crippen LogP contribution in [0.2, 0.25) is 0 Å². The highest BCUT2D eigenvalue weighted by Gasteiger charge is 2.13. The van der Waals surface area contributed by atoms with Crippen molar-refractivity contribution in [2.75, 3.05) is 12.8 Å². The summed E-state index contributed by atoms with van der Waals surface area (Å²) >= 11 is 1.24. The van der Waals surface area contributed by atoms with E-state index in [1.165, 1.54) is 11.8 Å². The summed E-state index contributed by atoms with van der Waals surface area (Å²) < 4.78 is 5.24. The van der Waals surface area contributed by atoms with Crippen molar-refractivity contribution in [2.45, 2.75) is 18.7 Å². The Balaban J connectivity index is 1.60. The molecule has 118 valence electrons. The van der Waals surface area contributed by atoms with Crippen LogP contribution >= 0.6 is 11.8 Å². The number of benzene rings is 1. The van der Waals surface area contributed by atoms with Gasteiger partial charge in [-0.05, 0) is 12.1 Å². The van der Waals surface area contributed by atoms with Crippen LogP contribution < -0.4 is 0 Å². The van der Waals surface area contributed by atoms with Crippen LogP contribution in [-0.4, -0.2) is 38.8 Å². The molecule has 0 spiro atoms. The Labute approximate surface area is 137 Å². The fraction of sp³-hybridized carbons (Fsp3) is 0.250. The van der Waals surface area contributed by atoms with E-state index in [4.69, 9.17) is 4.42 Å². The maximum absolute atomic E-state index is 12.2. The van der Waals surface area contributed by atoms with Gasteiger partial charge in [-0.15, -0.1) is 10.2 Å². The molecule has 0 unspecified atom stereocenters. The summed E-state index contributed by atoms with van der Waals surface area (Å²) in [5.41, 5.74) is 1.79. The number of hydrogen-bond acceptors (Lipinski definition) is 6. The standard InChI is InChI=1S/C16H16N4O2S/c1-11-18-19-16(22-11)23-10-15(21)20(2)9-13-8-7-12-5-3-4-6-14(12)17-13/h3-8H,9-10H2,1-2H3. The van der Waals surface area contributed by atoms with Gasteiger partial charge in [-0.1, -0.05) is 36.0 Å². The summed E-state index contributed by atoms with van der Waals surface area (Å²) in [6.45, 7) is 2.18. The summed E-state index contributed by atoms with van der Waals surface area (Å²) in [5, 5.41) is 9.09. The van der Waals surface area contributed by atoms with Crippen molar-refractivity contribution in [3.05, 3.63) is 48.0 Å². The number of para-hydroxylation sites is 1. The van der Waals surface area contributed by atoms with Crippen molar-refractivity contribution in [3.8, 4) is 0 Å². The highest BCUT2D eigenvalue weighted by atomic mass is 32.2. The summed E-state index contributed by atoms with van der Waals surface area (Å²) in [4.78, 5) is 18.4. The Morgan fingerprint density at radius 2 is 2.04 bits per heavy atom. The lowest BCUT2D eigenvalue weighted by Crippen LogP contribution is -2.28. The monoisotopic (exact) mass is 328 g/mol. The summed E-state index contributed by atoms with van der Waals surface area (Å²) in [6.07, 6.45) is 0. The molecule has 0 aliphatic heterocycles. The molecule has 0 aliphatic carbocycles. The number of carbonyl (C=O) groups excluding carboxylic acids is 1. The molecule has 1 aromatic carbocycles. The molecule has 0 radical (unpaired) electrons. The van der Waals surface area contributed by atoms with Crippen LogP contribution in [0.4, 0.5) is 0 Å². The van der Waals surface area contributed by atoms with Gasteiger partial charge in [0.25, 0.3) is 5.22 Å². The topological polar surface area (TPSA) is 72.1 Å². The number of nitrogens with zero attached hydrogens (tertiary/aromatic N) is 4. The van der Waals surface area contributed by atoms with E-state index in [1.54, 1.807) is 18.9 Å². The Bertz CT molecular complexity index is 834. The van der Waals surface area contributed by atoms with E-state index in [2.05, 4.69) is 15.2 Å². The fourth-order valence-electron chi connectivity index (χ4n) is 2.10. The third kappa shape index (κ3) is 3.87. The Morgan fingerprint density at radius 3 is 2.83 bits per heavy atom. The Hall–Kier alpha value is -2.41. The van der Waals surface area contributed by atoms with E-state index in [1.807, 2.05) is 36.4 Å². The number of carbonyl (C=O) groups is 1. The second-order valence-electron chi connectivity index (χ2n) is 5.12. The molecule has 2 aromatic heterocycles. The molecular formula is C16H16N4O2S. The molecule has 6 nitrogen and oxygen atoms in total. The number of aromatic nitrogens is 3. The van der Waals surface area contributed by atoms with Crippen LogP contribution in [-0.2, 0) is 11.3 Å². The number of thioether (sulfide) groups is 1. The predicted octanol–water partition coefficient (Wildman–Crippen LogP) is 2.68. The molecule has 0 fully saturated rings. The number of hydrogen-bond donors (Lipinski definition) is 0. The van der Waals surface area contributed by atoms with Gasteiger partial charge in [0.1, 0.15) is 0 Å². The maximum atomic E-state index is 12.2. The van der Waals surface area contributed by atoms with Gasteiger partial charge in [0.05, 0.1) is 23.5 Å². The first-order valence-electron chi connectivity index (χ1n) is 7.13. The molecule has 3 aromatic rings. The molecule has 0 aliphatic rings. The zero-order valence-corrected chi connectivity index (χ0v) is 13.7. The summed E-state index contributed by atoms with van der Waals surface area (Å²) in [6, 6.07) is 11.9. The quantitative estimate of drug-likeness (QED) is 0.671. The van der Waals surface area contributed by atoms with E-state index in [9.17, 15) is 4.79 Å². The lowest BCUT2D eigenvalue weighted by Gasteiger charge is -2.16. The normalized spacial score (nSPS) is 10.9. The summed E-state index contributed by atoms with van der Waals surface area (Å²) in [5.74, 6) is 0.737. The van der Waals surface area contributed by atoms with Gasteiger partial charge in [0, 0.05) is 19.4 Å². The Kier molecular flexibility index (Phi) is 4.57. The van der Waals surface area contributed by atoms with Crippen molar-refractivity contribution in [3.63, 3.8) is 0 Å². The van der Waals surface area contributed by atoms with Crippen molar-refractivity contribution in [1.82, 2.24) is 20.1 Å². The van der Waals surface area contributed by atoms with Crippen molar-refractivity contribution >= 4 is 28.6 Å². The number of pyridine rings is 1. The van der Waals surface area contributed by atoms with Crippen LogP contribution in [0, 0.1) is 6.92 Å². The number of amides is 1. The molecule has 0 atom stereocenters. The van der Waals surface area contributed by atoms with Gasteiger partial charge in [-0.2, -0.15) is 0 Å². The molecule has 0 saturated heterocycles. The minimum Gasteiger partial charge on any atom is -0.416 e. The van der Waals surface area contributed by atoms with Crippen molar-refractivity contribution in [2.24, 2.45) is 0 Å². The fourth-order valence-corrected chi connectivity index (χ4v) is 2.84.